The Balaban J connectivity index is 2.63. The Labute approximate surface area is 106 Å². The Bertz CT molecular complexity index is 414. The van der Waals surface area contributed by atoms with Gasteiger partial charge in [-0.05, 0) is 30.7 Å². The number of rotatable bonds is 6. The summed E-state index contributed by atoms with van der Waals surface area (Å²) < 4.78 is 4.88. The van der Waals surface area contributed by atoms with Crippen LogP contribution in [0.2, 0.25) is 0 Å². The second-order valence-electron chi connectivity index (χ2n) is 3.90. The molecule has 1 aromatic rings. The van der Waals surface area contributed by atoms with Gasteiger partial charge in [0.25, 0.3) is 0 Å². The van der Waals surface area contributed by atoms with Crippen LogP contribution in [0.3, 0.4) is 0 Å². The van der Waals surface area contributed by atoms with Crippen molar-refractivity contribution in [3.05, 3.63) is 29.8 Å². The first-order chi connectivity index (χ1) is 8.56. The van der Waals surface area contributed by atoms with Crippen LogP contribution in [0.4, 0.5) is 5.69 Å². The molecule has 0 bridgehead atoms. The minimum Gasteiger partial charge on any atom is -0.478 e. The fourth-order valence-corrected chi connectivity index (χ4v) is 1.51. The molecule has 0 atom stereocenters. The molecule has 5 nitrogen and oxygen atoms in total. The number of anilines is 1. The molecule has 0 saturated carbocycles. The van der Waals surface area contributed by atoms with Crippen molar-refractivity contribution in [2.75, 3.05) is 25.7 Å². The van der Waals surface area contributed by atoms with Crippen LogP contribution in [0.1, 0.15) is 23.2 Å². The SMILES string of the molecule is COCCCC(=O)N(C)c1ccc(C(=O)O)cc1. The molecule has 0 unspecified atom stereocenters. The second-order valence-corrected chi connectivity index (χ2v) is 3.90. The summed E-state index contributed by atoms with van der Waals surface area (Å²) in [6.07, 6.45) is 1.08. The maximum absolute atomic E-state index is 11.8. The topological polar surface area (TPSA) is 66.8 Å². The average Bonchev–Trinajstić information content (AvgIpc) is 2.38. The van der Waals surface area contributed by atoms with Crippen molar-refractivity contribution in [2.45, 2.75) is 12.8 Å². The number of amides is 1. The van der Waals surface area contributed by atoms with Gasteiger partial charge < -0.3 is 14.7 Å². The summed E-state index contributed by atoms with van der Waals surface area (Å²) >= 11 is 0. The first-order valence-corrected chi connectivity index (χ1v) is 5.65. The van der Waals surface area contributed by atoms with E-state index in [1.165, 1.54) is 17.0 Å². The van der Waals surface area contributed by atoms with Crippen molar-refractivity contribution in [1.82, 2.24) is 0 Å². The minimum absolute atomic E-state index is 0.0184. The van der Waals surface area contributed by atoms with Gasteiger partial charge in [-0.2, -0.15) is 0 Å². The average molecular weight is 251 g/mol. The molecule has 0 radical (unpaired) electrons. The van der Waals surface area contributed by atoms with Crippen LogP contribution in [0.25, 0.3) is 0 Å². The molecule has 5 heteroatoms. The summed E-state index contributed by atoms with van der Waals surface area (Å²) in [6, 6.07) is 6.21. The fourth-order valence-electron chi connectivity index (χ4n) is 1.51. The molecule has 18 heavy (non-hydrogen) atoms. The van der Waals surface area contributed by atoms with Crippen LogP contribution >= 0.6 is 0 Å². The third kappa shape index (κ3) is 3.85. The zero-order valence-electron chi connectivity index (χ0n) is 10.5. The predicted octanol–water partition coefficient (Wildman–Crippen LogP) is 1.77. The van der Waals surface area contributed by atoms with Crippen molar-refractivity contribution in [3.8, 4) is 0 Å². The number of aromatic carboxylic acids is 1. The number of carbonyl (C=O) groups excluding carboxylic acids is 1. The molecular formula is C13H17NO4. The van der Waals surface area contributed by atoms with E-state index in [1.54, 1.807) is 26.3 Å². The molecule has 1 N–H and O–H groups in total. The Kier molecular flexibility index (Phi) is 5.32. The molecule has 0 aromatic heterocycles. The number of benzene rings is 1. The van der Waals surface area contributed by atoms with Gasteiger partial charge >= 0.3 is 5.97 Å². The van der Waals surface area contributed by atoms with Crippen LogP contribution in [0, 0.1) is 0 Å². The lowest BCUT2D eigenvalue weighted by molar-refractivity contribution is -0.118. The van der Waals surface area contributed by atoms with E-state index in [9.17, 15) is 9.59 Å². The first kappa shape index (κ1) is 14.2. The van der Waals surface area contributed by atoms with E-state index in [0.717, 1.165) is 0 Å². The van der Waals surface area contributed by atoms with Crippen LogP contribution in [-0.2, 0) is 9.53 Å². The highest BCUT2D eigenvalue weighted by molar-refractivity contribution is 5.94. The summed E-state index contributed by atoms with van der Waals surface area (Å²) in [5, 5.41) is 8.77. The van der Waals surface area contributed by atoms with Gasteiger partial charge in [0, 0.05) is 32.9 Å². The third-order valence-corrected chi connectivity index (χ3v) is 2.61. The normalized spacial score (nSPS) is 10.1. The van der Waals surface area contributed by atoms with E-state index >= 15 is 0 Å². The summed E-state index contributed by atoms with van der Waals surface area (Å²) in [4.78, 5) is 24.0. The van der Waals surface area contributed by atoms with Gasteiger partial charge in [-0.25, -0.2) is 4.79 Å². The van der Waals surface area contributed by atoms with Gasteiger partial charge in [0.15, 0.2) is 0 Å². The van der Waals surface area contributed by atoms with Crippen LogP contribution in [0.15, 0.2) is 24.3 Å². The Morgan fingerprint density at radius 3 is 2.39 bits per heavy atom. The maximum Gasteiger partial charge on any atom is 0.335 e. The number of carboxylic acid groups (broad SMARTS) is 1. The number of carboxylic acids is 1. The van der Waals surface area contributed by atoms with E-state index in [2.05, 4.69) is 0 Å². The van der Waals surface area contributed by atoms with Crippen LogP contribution < -0.4 is 4.90 Å². The van der Waals surface area contributed by atoms with Gasteiger partial charge in [0.2, 0.25) is 5.91 Å². The molecule has 0 aliphatic heterocycles. The summed E-state index contributed by atoms with van der Waals surface area (Å²) in [5.74, 6) is -0.995. The molecule has 0 saturated heterocycles. The molecule has 0 spiro atoms. The van der Waals surface area contributed by atoms with Gasteiger partial charge in [0.05, 0.1) is 5.56 Å². The summed E-state index contributed by atoms with van der Waals surface area (Å²) in [6.45, 7) is 0.553. The molecule has 1 rings (SSSR count). The van der Waals surface area contributed by atoms with Gasteiger partial charge in [-0.3, -0.25) is 4.79 Å². The lowest BCUT2D eigenvalue weighted by Gasteiger charge is -2.17. The van der Waals surface area contributed by atoms with Gasteiger partial charge in [0.1, 0.15) is 0 Å². The number of hydrogen-bond donors (Lipinski definition) is 1. The van der Waals surface area contributed by atoms with Crippen LogP contribution in [0.5, 0.6) is 0 Å². The Hall–Kier alpha value is -1.88. The molecular weight excluding hydrogens is 234 g/mol. The molecule has 0 fully saturated rings. The van der Waals surface area contributed by atoms with Crippen molar-refractivity contribution in [1.29, 1.82) is 0 Å². The number of methoxy groups -OCH3 is 1. The largest absolute Gasteiger partial charge is 0.478 e. The predicted molar refractivity (Wildman–Crippen MR) is 67.9 cm³/mol. The van der Waals surface area contributed by atoms with Crippen molar-refractivity contribution in [2.24, 2.45) is 0 Å². The minimum atomic E-state index is -0.976. The van der Waals surface area contributed by atoms with E-state index in [0.29, 0.717) is 25.1 Å². The van der Waals surface area contributed by atoms with E-state index < -0.39 is 5.97 Å². The molecule has 98 valence electrons. The quantitative estimate of drug-likeness (QED) is 0.782. The smallest absolute Gasteiger partial charge is 0.335 e. The van der Waals surface area contributed by atoms with E-state index in [1.807, 2.05) is 0 Å². The lowest BCUT2D eigenvalue weighted by atomic mass is 10.2. The number of ether oxygens (including phenoxy) is 1. The highest BCUT2D eigenvalue weighted by Gasteiger charge is 2.11. The Morgan fingerprint density at radius 2 is 1.89 bits per heavy atom. The van der Waals surface area contributed by atoms with Crippen molar-refractivity contribution >= 4 is 17.6 Å². The first-order valence-electron chi connectivity index (χ1n) is 5.65. The van der Waals surface area contributed by atoms with Gasteiger partial charge in [-0.15, -0.1) is 0 Å². The number of carbonyl (C=O) groups is 2. The van der Waals surface area contributed by atoms with Crippen molar-refractivity contribution < 1.29 is 19.4 Å². The molecule has 0 aliphatic rings. The fraction of sp³-hybridized carbons (Fsp3) is 0.385. The number of nitrogens with zero attached hydrogens (tertiary/aromatic N) is 1. The molecule has 0 heterocycles. The Morgan fingerprint density at radius 1 is 1.28 bits per heavy atom. The maximum atomic E-state index is 11.8. The molecule has 0 aliphatic carbocycles. The lowest BCUT2D eigenvalue weighted by Crippen LogP contribution is -2.26. The van der Waals surface area contributed by atoms with Crippen LogP contribution in [-0.4, -0.2) is 37.7 Å². The zero-order valence-corrected chi connectivity index (χ0v) is 10.5. The molecule has 1 aromatic carbocycles. The zero-order chi connectivity index (χ0) is 13.5. The molecule has 1 amide bonds. The highest BCUT2D eigenvalue weighted by atomic mass is 16.5. The standard InChI is InChI=1S/C13H17NO4/c1-14(12(15)4-3-9-18-2)11-7-5-10(6-8-11)13(16)17/h5-8H,3-4,9H2,1-2H3,(H,16,17). The van der Waals surface area contributed by atoms with E-state index in [4.69, 9.17) is 9.84 Å². The van der Waals surface area contributed by atoms with Crippen molar-refractivity contribution in [3.63, 3.8) is 0 Å². The van der Waals surface area contributed by atoms with E-state index in [-0.39, 0.29) is 11.5 Å². The second kappa shape index (κ2) is 6.76. The van der Waals surface area contributed by atoms with Gasteiger partial charge in [-0.1, -0.05) is 0 Å². The third-order valence-electron chi connectivity index (χ3n) is 2.61. The summed E-state index contributed by atoms with van der Waals surface area (Å²) in [5.41, 5.74) is 0.890. The monoisotopic (exact) mass is 251 g/mol. The summed E-state index contributed by atoms with van der Waals surface area (Å²) in [7, 11) is 3.27. The number of hydrogen-bond acceptors (Lipinski definition) is 3. The highest BCUT2D eigenvalue weighted by Crippen LogP contribution is 2.15.